The maximum absolute atomic E-state index is 13.8. The van der Waals surface area contributed by atoms with Crippen LogP contribution in [0.25, 0.3) is 0 Å². The summed E-state index contributed by atoms with van der Waals surface area (Å²) < 4.78 is 57.7. The highest BCUT2D eigenvalue weighted by atomic mass is 32.2. The van der Waals surface area contributed by atoms with Gasteiger partial charge in [-0.15, -0.1) is 0 Å². The van der Waals surface area contributed by atoms with Gasteiger partial charge in [-0.3, -0.25) is 4.79 Å². The SMILES string of the molecule is CCc1cccc(CNCC(O)C(Cc2cc(F)cc(F)c2)NC(=O)c2oc(NS(C)(=O)=O)nc2C)c1. The lowest BCUT2D eigenvalue weighted by atomic mass is 10.00. The van der Waals surface area contributed by atoms with Crippen molar-refractivity contribution in [2.45, 2.75) is 45.4 Å². The number of aliphatic hydroxyl groups is 1. The summed E-state index contributed by atoms with van der Waals surface area (Å²) in [6, 6.07) is 9.56. The van der Waals surface area contributed by atoms with E-state index < -0.39 is 39.7 Å². The average Bonchev–Trinajstić information content (AvgIpc) is 3.16. The van der Waals surface area contributed by atoms with Crippen LogP contribution in [0.2, 0.25) is 0 Å². The number of sulfonamides is 1. The molecule has 3 rings (SSSR count). The first-order valence-corrected chi connectivity index (χ1v) is 13.5. The van der Waals surface area contributed by atoms with Gasteiger partial charge < -0.3 is 20.2 Å². The molecule has 1 heterocycles. The molecular formula is C25H30F2N4O5S. The molecule has 2 unspecified atom stereocenters. The van der Waals surface area contributed by atoms with Crippen molar-refractivity contribution in [2.24, 2.45) is 0 Å². The van der Waals surface area contributed by atoms with E-state index in [0.29, 0.717) is 6.54 Å². The summed E-state index contributed by atoms with van der Waals surface area (Å²) in [5.41, 5.74) is 2.53. The number of hydrogen-bond acceptors (Lipinski definition) is 7. The lowest BCUT2D eigenvalue weighted by Crippen LogP contribution is -2.48. The molecule has 0 aliphatic rings. The molecule has 0 saturated heterocycles. The van der Waals surface area contributed by atoms with Crippen molar-refractivity contribution in [3.05, 3.63) is 82.2 Å². The fraction of sp³-hybridized carbons (Fsp3) is 0.360. The van der Waals surface area contributed by atoms with E-state index in [9.17, 15) is 27.1 Å². The van der Waals surface area contributed by atoms with Crippen molar-refractivity contribution in [2.75, 3.05) is 17.5 Å². The smallest absolute Gasteiger partial charge is 0.309 e. The van der Waals surface area contributed by atoms with E-state index in [1.807, 2.05) is 29.0 Å². The van der Waals surface area contributed by atoms with Gasteiger partial charge in [-0.05, 0) is 48.6 Å². The average molecular weight is 537 g/mol. The van der Waals surface area contributed by atoms with Gasteiger partial charge in [0.2, 0.25) is 15.8 Å². The van der Waals surface area contributed by atoms with Crippen molar-refractivity contribution in [1.82, 2.24) is 15.6 Å². The van der Waals surface area contributed by atoms with Crippen LogP contribution >= 0.6 is 0 Å². The van der Waals surface area contributed by atoms with Gasteiger partial charge in [0.25, 0.3) is 5.91 Å². The molecule has 0 aliphatic carbocycles. The van der Waals surface area contributed by atoms with Crippen LogP contribution < -0.4 is 15.4 Å². The number of oxazole rings is 1. The van der Waals surface area contributed by atoms with Gasteiger partial charge in [0.1, 0.15) is 11.6 Å². The van der Waals surface area contributed by atoms with Crippen LogP contribution in [-0.2, 0) is 29.4 Å². The van der Waals surface area contributed by atoms with Crippen LogP contribution in [-0.4, -0.2) is 49.4 Å². The third kappa shape index (κ3) is 8.62. The van der Waals surface area contributed by atoms with E-state index in [1.54, 1.807) is 0 Å². The Bertz CT molecular complexity index is 1330. The number of nitrogens with zero attached hydrogens (tertiary/aromatic N) is 1. The maximum atomic E-state index is 13.8. The number of benzene rings is 2. The quantitative estimate of drug-likeness (QED) is 0.280. The van der Waals surface area contributed by atoms with Crippen LogP contribution in [0.4, 0.5) is 14.8 Å². The van der Waals surface area contributed by atoms with Gasteiger partial charge in [-0.25, -0.2) is 21.9 Å². The molecular weight excluding hydrogens is 506 g/mol. The molecule has 0 bridgehead atoms. The molecule has 9 nitrogen and oxygen atoms in total. The molecule has 0 radical (unpaired) electrons. The molecule has 12 heteroatoms. The number of aromatic nitrogens is 1. The predicted molar refractivity (Wildman–Crippen MR) is 135 cm³/mol. The van der Waals surface area contributed by atoms with Gasteiger partial charge in [0.05, 0.1) is 24.1 Å². The van der Waals surface area contributed by atoms with Gasteiger partial charge in [-0.2, -0.15) is 4.98 Å². The second-order valence-corrected chi connectivity index (χ2v) is 10.5. The molecule has 0 spiro atoms. The summed E-state index contributed by atoms with van der Waals surface area (Å²) in [5, 5.41) is 16.7. The largest absolute Gasteiger partial charge is 0.417 e. The fourth-order valence-corrected chi connectivity index (χ4v) is 4.18. The summed E-state index contributed by atoms with van der Waals surface area (Å²) in [4.78, 5) is 16.8. The Morgan fingerprint density at radius 3 is 2.43 bits per heavy atom. The van der Waals surface area contributed by atoms with E-state index in [0.717, 1.165) is 36.4 Å². The zero-order valence-corrected chi connectivity index (χ0v) is 21.5. The number of nitrogens with one attached hydrogen (secondary N) is 3. The molecule has 37 heavy (non-hydrogen) atoms. The number of rotatable bonds is 12. The van der Waals surface area contributed by atoms with Gasteiger partial charge in [-0.1, -0.05) is 31.2 Å². The van der Waals surface area contributed by atoms with E-state index in [2.05, 4.69) is 22.5 Å². The van der Waals surface area contributed by atoms with Crippen molar-refractivity contribution in [3.63, 3.8) is 0 Å². The third-order valence-electron chi connectivity index (χ3n) is 5.52. The number of carbonyl (C=O) groups is 1. The minimum absolute atomic E-state index is 0.0648. The van der Waals surface area contributed by atoms with Crippen molar-refractivity contribution < 1.29 is 31.5 Å². The summed E-state index contributed by atoms with van der Waals surface area (Å²) in [7, 11) is -3.69. The zero-order chi connectivity index (χ0) is 27.2. The zero-order valence-electron chi connectivity index (χ0n) is 20.7. The van der Waals surface area contributed by atoms with Crippen LogP contribution in [0, 0.1) is 18.6 Å². The Morgan fingerprint density at radius 2 is 1.78 bits per heavy atom. The number of aliphatic hydroxyl groups excluding tert-OH is 1. The minimum Gasteiger partial charge on any atom is -0.417 e. The number of carbonyl (C=O) groups excluding carboxylic acids is 1. The number of amides is 1. The third-order valence-corrected chi connectivity index (χ3v) is 6.06. The molecule has 0 fully saturated rings. The monoisotopic (exact) mass is 536 g/mol. The molecule has 2 aromatic carbocycles. The summed E-state index contributed by atoms with van der Waals surface area (Å²) in [5.74, 6) is -2.61. The Kier molecular flexibility index (Phi) is 9.35. The van der Waals surface area contributed by atoms with Crippen LogP contribution in [0.5, 0.6) is 0 Å². The molecule has 0 aliphatic heterocycles. The normalized spacial score (nSPS) is 13.2. The van der Waals surface area contributed by atoms with Crippen LogP contribution in [0.3, 0.4) is 0 Å². The molecule has 3 aromatic rings. The second kappa shape index (κ2) is 12.3. The van der Waals surface area contributed by atoms with Crippen LogP contribution in [0.15, 0.2) is 46.9 Å². The summed E-state index contributed by atoms with van der Waals surface area (Å²) in [6.45, 7) is 4.03. The molecule has 1 amide bonds. The number of aryl methyl sites for hydroxylation is 2. The molecule has 200 valence electrons. The van der Waals surface area contributed by atoms with Gasteiger partial charge in [0.15, 0.2) is 0 Å². The van der Waals surface area contributed by atoms with Crippen molar-refractivity contribution in [3.8, 4) is 0 Å². The predicted octanol–water partition coefficient (Wildman–Crippen LogP) is 2.69. The highest BCUT2D eigenvalue weighted by Crippen LogP contribution is 2.17. The molecule has 0 saturated carbocycles. The first kappa shape index (κ1) is 28.2. The number of halogens is 2. The first-order chi connectivity index (χ1) is 17.4. The molecule has 1 aromatic heterocycles. The molecule has 2 atom stereocenters. The maximum Gasteiger partial charge on any atom is 0.309 e. The Hall–Kier alpha value is -3.35. The van der Waals surface area contributed by atoms with E-state index in [4.69, 9.17) is 4.42 Å². The molecule has 4 N–H and O–H groups in total. The van der Waals surface area contributed by atoms with Gasteiger partial charge in [0, 0.05) is 19.2 Å². The van der Waals surface area contributed by atoms with Crippen molar-refractivity contribution >= 4 is 21.9 Å². The second-order valence-electron chi connectivity index (χ2n) is 8.74. The Morgan fingerprint density at radius 1 is 1.11 bits per heavy atom. The number of anilines is 1. The highest BCUT2D eigenvalue weighted by molar-refractivity contribution is 7.91. The Balaban J connectivity index is 1.75. The van der Waals surface area contributed by atoms with E-state index in [-0.39, 0.29) is 36.0 Å². The lowest BCUT2D eigenvalue weighted by molar-refractivity contribution is 0.0805. The van der Waals surface area contributed by atoms with Crippen molar-refractivity contribution in [1.29, 1.82) is 0 Å². The summed E-state index contributed by atoms with van der Waals surface area (Å²) >= 11 is 0. The summed E-state index contributed by atoms with van der Waals surface area (Å²) in [6.07, 6.45) is 0.553. The Labute approximate surface area is 214 Å². The van der Waals surface area contributed by atoms with Crippen LogP contribution in [0.1, 0.15) is 39.9 Å². The lowest BCUT2D eigenvalue weighted by Gasteiger charge is -2.24. The number of hydrogen-bond donors (Lipinski definition) is 4. The van der Waals surface area contributed by atoms with E-state index in [1.165, 1.54) is 12.5 Å². The topological polar surface area (TPSA) is 134 Å². The van der Waals surface area contributed by atoms with E-state index >= 15 is 0 Å². The highest BCUT2D eigenvalue weighted by Gasteiger charge is 2.26. The first-order valence-electron chi connectivity index (χ1n) is 11.6. The van der Waals surface area contributed by atoms with Gasteiger partial charge >= 0.3 is 6.01 Å². The minimum atomic E-state index is -3.69. The fourth-order valence-electron chi connectivity index (χ4n) is 3.78. The standard InChI is InChI=1S/C25H30F2N4O5S/c1-4-16-6-5-7-17(8-16)13-28-14-22(32)21(11-18-9-19(26)12-20(27)10-18)30-24(33)23-15(2)29-25(36-23)31-37(3,34)35/h5-10,12,21-22,28,32H,4,11,13-14H2,1-3H3,(H,29,31)(H,30,33).